The summed E-state index contributed by atoms with van der Waals surface area (Å²) in [5, 5.41) is 31.5. The Morgan fingerprint density at radius 2 is 1.33 bits per heavy atom. The molecule has 0 aliphatic carbocycles. The number of imidazole rings is 3. The second kappa shape index (κ2) is 26.0. The Morgan fingerprint density at radius 1 is 0.722 bits per heavy atom. The first-order chi connectivity index (χ1) is 43.2. The van der Waals surface area contributed by atoms with Gasteiger partial charge in [0, 0.05) is 87.6 Å². The number of nitrogens with zero attached hydrogens (tertiary/aromatic N) is 13. The fourth-order valence-corrected chi connectivity index (χ4v) is 10.4. The lowest BCUT2D eigenvalue weighted by atomic mass is 9.91. The maximum Gasteiger partial charge on any atom is 0.341 e. The average Bonchev–Trinajstić information content (AvgIpc) is 1.64. The van der Waals surface area contributed by atoms with Crippen molar-refractivity contribution in [3.05, 3.63) is 213 Å². The first-order valence-corrected chi connectivity index (χ1v) is 27.6. The molecule has 24 nitrogen and oxygen atoms in total. The molecule has 0 unspecified atom stereocenters. The minimum Gasteiger partial charge on any atom is -0.466 e. The quantitative estimate of drug-likeness (QED) is 0.0685. The van der Waals surface area contributed by atoms with E-state index in [0.717, 1.165) is 56.3 Å². The predicted molar refractivity (Wildman–Crippen MR) is 338 cm³/mol. The number of aromatic amines is 3. The second-order valence-corrected chi connectivity index (χ2v) is 21.3. The first-order valence-electron chi connectivity index (χ1n) is 27.6. The molecule has 0 amide bonds. The molecule has 10 heterocycles. The third-order valence-corrected chi connectivity index (χ3v) is 14.6. The number of rotatable bonds is 6. The molecule has 2 aliphatic rings. The van der Waals surface area contributed by atoms with Gasteiger partial charge in [0.05, 0.1) is 80.5 Å². The average molecular weight is 1200 g/mol. The molecule has 11 aromatic rings. The summed E-state index contributed by atoms with van der Waals surface area (Å²) in [6, 6.07) is 33.8. The van der Waals surface area contributed by atoms with Gasteiger partial charge in [-0.3, -0.25) is 18.8 Å². The molecule has 3 aromatic carbocycles. The summed E-state index contributed by atoms with van der Waals surface area (Å²) in [6.45, 7) is 32.3. The standard InChI is InChI=1S/C17H13N3O2.C16H13N3O2.C16H19N3.C11H9N3O3.C6H5N5/c1-11-14(17(21)22-2)9-20-10-15(12-6-4-3-5-7-12)13(8-18)16(20)19-11;1-10-14(11-7-5-4-6-8-11)19-9-12(17-2)13(15(19)18-10)16(20)21-3;1-11-14(16(2,3)4)19-10-13(18-15(19)17-11)12-8-6-5-7-9-12;1-6-10(15)14-5-8(11(16)17-2)7(3-12)9(14)4-13-6;1-4-5(7-2)3-11-6(4)8-9-10-11/h3-7,9-10,19H,1H2,2H3;4-9,18H,1,3H3;5-10H,1-4H3,(H,17,18);5H,4H2,1-2H3;3H,1H3,(H,8,10). The number of H-pyrrole nitrogens is 3. The SMILES string of the molecule is C=C1Nc2c(C#N)c(-c3ccccc3)cn2C=C1C(=O)OC.COC(=O)c1cn2c(c1C#N)CN=C(C)C2=O.Cc1[nH]c2nc(-c3ccccc3)cn2c1C(C)(C)C.[C-]#[N+]c1cn2[nH]nnc2c1C.[C-]#[N+]c1cn2c(-c3ccccc3)c(C)[nH]c2c1C(=O)OC. The van der Waals surface area contributed by atoms with E-state index in [-0.39, 0.29) is 40.2 Å². The molecule has 8 aromatic heterocycles. The molecule has 0 fully saturated rings. The normalized spacial score (nSPS) is 12.0. The van der Waals surface area contributed by atoms with Crippen LogP contribution >= 0.6 is 0 Å². The van der Waals surface area contributed by atoms with E-state index < -0.39 is 17.9 Å². The van der Waals surface area contributed by atoms with Crippen molar-refractivity contribution in [3.8, 4) is 45.8 Å². The van der Waals surface area contributed by atoms with Crippen molar-refractivity contribution in [2.45, 2.75) is 60.4 Å². The molecule has 450 valence electrons. The zero-order valence-electron chi connectivity index (χ0n) is 50.7. The monoisotopic (exact) mass is 1200 g/mol. The van der Waals surface area contributed by atoms with Crippen LogP contribution in [-0.4, -0.2) is 104 Å². The van der Waals surface area contributed by atoms with Crippen LogP contribution in [0.3, 0.4) is 0 Å². The number of ether oxygens (including phenoxy) is 3. The number of esters is 3. The van der Waals surface area contributed by atoms with Crippen LogP contribution in [0, 0.1) is 56.6 Å². The summed E-state index contributed by atoms with van der Waals surface area (Å²) < 4.78 is 22.7. The van der Waals surface area contributed by atoms with Crippen molar-refractivity contribution >= 4 is 70.0 Å². The smallest absolute Gasteiger partial charge is 0.341 e. The molecule has 0 radical (unpaired) electrons. The van der Waals surface area contributed by atoms with E-state index in [1.165, 1.54) is 43.5 Å². The molecular weight excluding hydrogens is 1140 g/mol. The Labute approximate surface area is 515 Å². The highest BCUT2D eigenvalue weighted by atomic mass is 16.5. The van der Waals surface area contributed by atoms with E-state index in [1.807, 2.05) is 109 Å². The van der Waals surface area contributed by atoms with E-state index in [1.54, 1.807) is 34.6 Å². The minimum absolute atomic E-state index is 0.0942. The van der Waals surface area contributed by atoms with Crippen LogP contribution in [0.5, 0.6) is 0 Å². The van der Waals surface area contributed by atoms with Crippen molar-refractivity contribution in [3.63, 3.8) is 0 Å². The molecule has 4 N–H and O–H groups in total. The number of aliphatic imine (C=N–C) groups is 1. The van der Waals surface area contributed by atoms with Gasteiger partial charge in [-0.25, -0.2) is 33.6 Å². The highest BCUT2D eigenvalue weighted by molar-refractivity contribution is 6.39. The molecule has 0 spiro atoms. The summed E-state index contributed by atoms with van der Waals surface area (Å²) in [4.78, 5) is 68.9. The number of hydrogen-bond acceptors (Lipinski definition) is 14. The summed E-state index contributed by atoms with van der Waals surface area (Å²) >= 11 is 0. The summed E-state index contributed by atoms with van der Waals surface area (Å²) in [5.41, 5.74) is 15.0. The lowest BCUT2D eigenvalue weighted by Gasteiger charge is -2.18. The van der Waals surface area contributed by atoms with Crippen LogP contribution in [0.15, 0.2) is 145 Å². The first kappa shape index (κ1) is 62.0. The van der Waals surface area contributed by atoms with Crippen LogP contribution in [0.2, 0.25) is 0 Å². The van der Waals surface area contributed by atoms with Crippen LogP contribution in [0.25, 0.3) is 66.6 Å². The molecule has 0 saturated carbocycles. The van der Waals surface area contributed by atoms with E-state index in [2.05, 4.69) is 118 Å². The van der Waals surface area contributed by atoms with Crippen LogP contribution in [-0.2, 0) is 31.0 Å². The number of aromatic nitrogens is 11. The zero-order chi connectivity index (χ0) is 64.7. The largest absolute Gasteiger partial charge is 0.466 e. The molecular formula is C66H59N17O7. The number of fused-ring (bicyclic) bond motifs is 5. The molecule has 13 rings (SSSR count). The molecule has 2 aliphatic heterocycles. The maximum absolute atomic E-state index is 11.9. The number of carbonyl (C=O) groups excluding carboxylic acids is 4. The van der Waals surface area contributed by atoms with Crippen LogP contribution in [0.4, 0.5) is 17.2 Å². The number of anilines is 1. The van der Waals surface area contributed by atoms with Gasteiger partial charge in [-0.05, 0) is 33.3 Å². The number of nitriles is 2. The van der Waals surface area contributed by atoms with Crippen molar-refractivity contribution in [2.24, 2.45) is 4.99 Å². The van der Waals surface area contributed by atoms with Gasteiger partial charge < -0.3 is 38.5 Å². The third kappa shape index (κ3) is 12.0. The molecule has 24 heteroatoms. The van der Waals surface area contributed by atoms with Gasteiger partial charge in [-0.15, -0.1) is 5.10 Å². The van der Waals surface area contributed by atoms with E-state index in [4.69, 9.17) is 27.9 Å². The zero-order valence-corrected chi connectivity index (χ0v) is 50.7. The fourth-order valence-electron chi connectivity index (χ4n) is 10.4. The van der Waals surface area contributed by atoms with E-state index >= 15 is 0 Å². The number of hydrogen-bond donors (Lipinski definition) is 4. The molecule has 0 atom stereocenters. The number of benzene rings is 3. The summed E-state index contributed by atoms with van der Waals surface area (Å²) in [6.07, 6.45) is 10.2. The van der Waals surface area contributed by atoms with Gasteiger partial charge in [0.2, 0.25) is 17.2 Å². The number of nitrogens with one attached hydrogen (secondary N) is 4. The number of methoxy groups -OCH3 is 3. The lowest BCUT2D eigenvalue weighted by molar-refractivity contribution is -0.135. The Bertz CT molecular complexity index is 4850. The number of carbonyl (C=O) groups is 4. The van der Waals surface area contributed by atoms with Crippen molar-refractivity contribution in [1.82, 2.24) is 52.9 Å². The van der Waals surface area contributed by atoms with Gasteiger partial charge >= 0.3 is 17.9 Å². The topological polar surface area (TPSA) is 286 Å². The fraction of sp³-hybridized carbons (Fsp3) is 0.182. The Kier molecular flexibility index (Phi) is 17.9. The Balaban J connectivity index is 0.000000135. The van der Waals surface area contributed by atoms with Gasteiger partial charge in [0.25, 0.3) is 5.91 Å². The summed E-state index contributed by atoms with van der Waals surface area (Å²) in [7, 11) is 3.86. The van der Waals surface area contributed by atoms with Crippen molar-refractivity contribution < 1.29 is 33.4 Å². The number of aryl methyl sites for hydroxylation is 3. The van der Waals surface area contributed by atoms with Gasteiger partial charge in [0.15, 0.2) is 5.65 Å². The van der Waals surface area contributed by atoms with Crippen LogP contribution < -0.4 is 5.32 Å². The molecule has 0 bridgehead atoms. The predicted octanol–water partition coefficient (Wildman–Crippen LogP) is 12.2. The minimum atomic E-state index is -0.631. The number of tetrazole rings is 1. The van der Waals surface area contributed by atoms with E-state index in [9.17, 15) is 24.4 Å². The Morgan fingerprint density at radius 3 is 1.91 bits per heavy atom. The molecule has 0 saturated heterocycles. The second-order valence-electron chi connectivity index (χ2n) is 21.3. The molecule has 90 heavy (non-hydrogen) atoms. The highest BCUT2D eigenvalue weighted by Gasteiger charge is 2.29. The van der Waals surface area contributed by atoms with Gasteiger partial charge in [-0.1, -0.05) is 124 Å². The third-order valence-electron chi connectivity index (χ3n) is 14.6. The maximum atomic E-state index is 11.9. The van der Waals surface area contributed by atoms with Gasteiger partial charge in [0.1, 0.15) is 34.7 Å². The van der Waals surface area contributed by atoms with E-state index in [0.29, 0.717) is 45.4 Å². The van der Waals surface area contributed by atoms with Crippen LogP contribution in [0.1, 0.15) is 92.7 Å². The van der Waals surface area contributed by atoms with Crippen molar-refractivity contribution in [1.29, 1.82) is 10.5 Å². The van der Waals surface area contributed by atoms with Gasteiger partial charge in [-0.2, -0.15) is 15.7 Å². The lowest BCUT2D eigenvalue weighted by Crippen LogP contribution is -2.24. The Hall–Kier alpha value is -12.5. The summed E-state index contributed by atoms with van der Waals surface area (Å²) in [5.74, 6) is -0.423. The van der Waals surface area contributed by atoms with Crippen molar-refractivity contribution in [2.75, 3.05) is 26.6 Å². The highest BCUT2D eigenvalue weighted by Crippen LogP contribution is 2.37.